The molecule has 3 heterocycles. The van der Waals surface area contributed by atoms with E-state index in [1.54, 1.807) is 6.92 Å². The van der Waals surface area contributed by atoms with Crippen LogP contribution in [0.15, 0.2) is 10.9 Å². The summed E-state index contributed by atoms with van der Waals surface area (Å²) in [6.07, 6.45) is 0.709. The fourth-order valence-corrected chi connectivity index (χ4v) is 4.40. The standard InChI is InChI=1S/C17H18N4O4S2/c1-5-12-20-21-13(23)6-11(19-17(21)27-12)7-25-16(24)14-8(2)9(3)26-15(14)18-10(4)22/h6H,5,7H2,1-4H3,(H,18,22). The fraction of sp³-hybridized carbons (Fsp3) is 0.353. The van der Waals surface area contributed by atoms with Gasteiger partial charge < -0.3 is 10.1 Å². The lowest BCUT2D eigenvalue weighted by molar-refractivity contribution is -0.114. The topological polar surface area (TPSA) is 103 Å². The summed E-state index contributed by atoms with van der Waals surface area (Å²) in [5.74, 6) is -0.830. The molecule has 1 N–H and O–H groups in total. The van der Waals surface area contributed by atoms with Gasteiger partial charge in [-0.1, -0.05) is 18.3 Å². The van der Waals surface area contributed by atoms with Gasteiger partial charge in [0.05, 0.1) is 11.3 Å². The zero-order valence-corrected chi connectivity index (χ0v) is 16.9. The monoisotopic (exact) mass is 406 g/mol. The number of aryl methyl sites for hydroxylation is 2. The van der Waals surface area contributed by atoms with Crippen LogP contribution in [0.25, 0.3) is 4.96 Å². The van der Waals surface area contributed by atoms with E-state index in [4.69, 9.17) is 4.74 Å². The first kappa shape index (κ1) is 19.2. The molecule has 0 fully saturated rings. The molecule has 1 amide bonds. The molecule has 27 heavy (non-hydrogen) atoms. The van der Waals surface area contributed by atoms with Gasteiger partial charge in [-0.15, -0.1) is 11.3 Å². The van der Waals surface area contributed by atoms with Gasteiger partial charge >= 0.3 is 5.97 Å². The molecule has 0 aliphatic rings. The van der Waals surface area contributed by atoms with Gasteiger partial charge in [-0.3, -0.25) is 9.59 Å². The third-order valence-electron chi connectivity index (χ3n) is 3.87. The number of esters is 1. The van der Waals surface area contributed by atoms with Crippen molar-refractivity contribution in [2.75, 3.05) is 5.32 Å². The Hall–Kier alpha value is -2.59. The van der Waals surface area contributed by atoms with E-state index in [0.717, 1.165) is 15.4 Å². The van der Waals surface area contributed by atoms with Crippen LogP contribution in [0.4, 0.5) is 5.00 Å². The zero-order valence-electron chi connectivity index (χ0n) is 15.3. The normalized spacial score (nSPS) is 11.0. The van der Waals surface area contributed by atoms with Crippen molar-refractivity contribution >= 4 is 44.5 Å². The third-order valence-corrected chi connectivity index (χ3v) is 6.05. The van der Waals surface area contributed by atoms with Gasteiger partial charge in [0.1, 0.15) is 16.6 Å². The number of aromatic nitrogens is 3. The van der Waals surface area contributed by atoms with Crippen molar-refractivity contribution in [2.24, 2.45) is 0 Å². The van der Waals surface area contributed by atoms with Crippen molar-refractivity contribution < 1.29 is 14.3 Å². The van der Waals surface area contributed by atoms with E-state index in [0.29, 0.717) is 27.6 Å². The lowest BCUT2D eigenvalue weighted by atomic mass is 10.1. The van der Waals surface area contributed by atoms with E-state index in [2.05, 4.69) is 15.4 Å². The summed E-state index contributed by atoms with van der Waals surface area (Å²) in [5, 5.41) is 8.10. The predicted molar refractivity (Wildman–Crippen MR) is 104 cm³/mol. The second-order valence-corrected chi connectivity index (χ2v) is 8.14. The van der Waals surface area contributed by atoms with Gasteiger partial charge in [-0.25, -0.2) is 9.78 Å². The third kappa shape index (κ3) is 3.91. The van der Waals surface area contributed by atoms with Crippen molar-refractivity contribution in [2.45, 2.75) is 40.7 Å². The van der Waals surface area contributed by atoms with Crippen LogP contribution < -0.4 is 10.9 Å². The number of hydrogen-bond acceptors (Lipinski definition) is 8. The number of nitrogens with zero attached hydrogens (tertiary/aromatic N) is 3. The molecule has 0 saturated heterocycles. The number of thiophene rings is 1. The molecule has 0 aliphatic carbocycles. The van der Waals surface area contributed by atoms with Crippen LogP contribution in [0.2, 0.25) is 0 Å². The number of carbonyl (C=O) groups excluding carboxylic acids is 2. The quantitative estimate of drug-likeness (QED) is 0.654. The van der Waals surface area contributed by atoms with Gasteiger partial charge in [0, 0.05) is 17.9 Å². The molecule has 142 valence electrons. The van der Waals surface area contributed by atoms with Crippen LogP contribution in [0.5, 0.6) is 0 Å². The maximum absolute atomic E-state index is 12.6. The molecule has 0 aromatic carbocycles. The number of hydrogen-bond donors (Lipinski definition) is 1. The van der Waals surface area contributed by atoms with E-state index in [9.17, 15) is 14.4 Å². The number of amides is 1. The highest BCUT2D eigenvalue weighted by Gasteiger charge is 2.22. The molecule has 0 radical (unpaired) electrons. The maximum atomic E-state index is 12.6. The molecule has 3 aromatic heterocycles. The summed E-state index contributed by atoms with van der Waals surface area (Å²) in [6, 6.07) is 1.31. The minimum Gasteiger partial charge on any atom is -0.455 e. The molecular formula is C17H18N4O4S2. The largest absolute Gasteiger partial charge is 0.455 e. The first-order valence-electron chi connectivity index (χ1n) is 8.23. The van der Waals surface area contributed by atoms with Crippen LogP contribution in [-0.2, 0) is 22.6 Å². The fourth-order valence-electron chi connectivity index (χ4n) is 2.45. The molecule has 0 spiro atoms. The molecule has 8 nitrogen and oxygen atoms in total. The minimum atomic E-state index is -0.568. The molecule has 0 unspecified atom stereocenters. The summed E-state index contributed by atoms with van der Waals surface area (Å²) in [5.41, 5.74) is 1.12. The van der Waals surface area contributed by atoms with Gasteiger partial charge in [0.2, 0.25) is 10.9 Å². The van der Waals surface area contributed by atoms with E-state index < -0.39 is 5.97 Å². The van der Waals surface area contributed by atoms with E-state index in [1.165, 1.54) is 40.2 Å². The maximum Gasteiger partial charge on any atom is 0.341 e. The Balaban J connectivity index is 1.83. The van der Waals surface area contributed by atoms with E-state index >= 15 is 0 Å². The number of rotatable bonds is 5. The minimum absolute atomic E-state index is 0.141. The molecular weight excluding hydrogens is 388 g/mol. The molecule has 0 bridgehead atoms. The van der Waals surface area contributed by atoms with Gasteiger partial charge in [0.15, 0.2) is 0 Å². The smallest absolute Gasteiger partial charge is 0.341 e. The van der Waals surface area contributed by atoms with Gasteiger partial charge in [-0.2, -0.15) is 9.61 Å². The zero-order chi connectivity index (χ0) is 19.7. The molecule has 0 saturated carbocycles. The number of fused-ring (bicyclic) bond motifs is 1. The molecule has 0 aliphatic heterocycles. The summed E-state index contributed by atoms with van der Waals surface area (Å²) < 4.78 is 6.60. The Morgan fingerprint density at radius 2 is 2.04 bits per heavy atom. The second-order valence-electron chi connectivity index (χ2n) is 5.87. The first-order chi connectivity index (χ1) is 12.8. The average molecular weight is 406 g/mol. The summed E-state index contributed by atoms with van der Waals surface area (Å²) in [4.78, 5) is 41.8. The summed E-state index contributed by atoms with van der Waals surface area (Å²) in [6.45, 7) is 6.86. The van der Waals surface area contributed by atoms with Crippen molar-refractivity contribution in [3.8, 4) is 0 Å². The molecule has 3 aromatic rings. The van der Waals surface area contributed by atoms with E-state index in [1.807, 2.05) is 13.8 Å². The molecule has 10 heteroatoms. The highest BCUT2D eigenvalue weighted by Crippen LogP contribution is 2.33. The van der Waals surface area contributed by atoms with Crippen LogP contribution in [0, 0.1) is 13.8 Å². The van der Waals surface area contributed by atoms with Gasteiger partial charge in [-0.05, 0) is 25.8 Å². The Morgan fingerprint density at radius 1 is 1.30 bits per heavy atom. The van der Waals surface area contributed by atoms with Crippen LogP contribution in [0.1, 0.15) is 45.3 Å². The van der Waals surface area contributed by atoms with E-state index in [-0.39, 0.29) is 18.1 Å². The van der Waals surface area contributed by atoms with Crippen molar-refractivity contribution in [1.82, 2.24) is 14.6 Å². The van der Waals surface area contributed by atoms with Crippen LogP contribution in [0.3, 0.4) is 0 Å². The molecule has 0 atom stereocenters. The summed E-state index contributed by atoms with van der Waals surface area (Å²) in [7, 11) is 0. The Kier molecular flexibility index (Phi) is 5.38. The molecule has 3 rings (SSSR count). The number of nitrogens with one attached hydrogen (secondary N) is 1. The van der Waals surface area contributed by atoms with Crippen molar-refractivity contribution in [3.05, 3.63) is 43.1 Å². The average Bonchev–Trinajstić information content (AvgIpc) is 3.14. The number of carbonyl (C=O) groups is 2. The number of anilines is 1. The summed E-state index contributed by atoms with van der Waals surface area (Å²) >= 11 is 2.65. The second kappa shape index (κ2) is 7.57. The highest BCUT2D eigenvalue weighted by molar-refractivity contribution is 7.17. The lowest BCUT2D eigenvalue weighted by Crippen LogP contribution is -2.17. The Bertz CT molecular complexity index is 1100. The Labute approximate surface area is 162 Å². The Morgan fingerprint density at radius 3 is 2.70 bits per heavy atom. The highest BCUT2D eigenvalue weighted by atomic mass is 32.1. The first-order valence-corrected chi connectivity index (χ1v) is 9.86. The van der Waals surface area contributed by atoms with Crippen molar-refractivity contribution in [1.29, 1.82) is 0 Å². The number of ether oxygens (including phenoxy) is 1. The van der Waals surface area contributed by atoms with Crippen molar-refractivity contribution in [3.63, 3.8) is 0 Å². The van der Waals surface area contributed by atoms with Gasteiger partial charge in [0.25, 0.3) is 5.56 Å². The SMILES string of the molecule is CCc1nn2c(=O)cc(COC(=O)c3c(NC(C)=O)sc(C)c3C)nc2s1. The lowest BCUT2D eigenvalue weighted by Gasteiger charge is -2.07. The van der Waals surface area contributed by atoms with Crippen LogP contribution >= 0.6 is 22.7 Å². The predicted octanol–water partition coefficient (Wildman–Crippen LogP) is 2.71. The van der Waals surface area contributed by atoms with Crippen LogP contribution in [-0.4, -0.2) is 26.5 Å².